The molecule has 1 aliphatic rings. The van der Waals surface area contributed by atoms with E-state index in [1.807, 2.05) is 42.3 Å². The summed E-state index contributed by atoms with van der Waals surface area (Å²) in [5.74, 6) is -0.0990. The van der Waals surface area contributed by atoms with Crippen LogP contribution in [-0.4, -0.2) is 47.5 Å². The van der Waals surface area contributed by atoms with Gasteiger partial charge in [0.2, 0.25) is 5.91 Å². The van der Waals surface area contributed by atoms with Gasteiger partial charge >= 0.3 is 0 Å². The third-order valence-electron chi connectivity index (χ3n) is 5.07. The number of aromatic amines is 1. The average molecular weight is 377 g/mol. The number of hydrogen-bond donors (Lipinski definition) is 2. The lowest BCUT2D eigenvalue weighted by Gasteiger charge is -2.33. The first kappa shape index (κ1) is 18.3. The zero-order chi connectivity index (χ0) is 19.5. The smallest absolute Gasteiger partial charge is 0.254 e. The van der Waals surface area contributed by atoms with Crippen LogP contribution < -0.4 is 5.32 Å². The molecule has 6 heteroatoms. The second-order valence-electron chi connectivity index (χ2n) is 7.08. The highest BCUT2D eigenvalue weighted by Crippen LogP contribution is 2.19. The number of rotatable bonds is 4. The molecule has 1 unspecified atom stereocenters. The van der Waals surface area contributed by atoms with Crippen molar-refractivity contribution in [2.45, 2.75) is 19.4 Å². The average Bonchev–Trinajstić information content (AvgIpc) is 3.11. The van der Waals surface area contributed by atoms with E-state index in [1.165, 1.54) is 0 Å². The molecule has 2 heterocycles. The van der Waals surface area contributed by atoms with Gasteiger partial charge in [0.15, 0.2) is 0 Å². The summed E-state index contributed by atoms with van der Waals surface area (Å²) in [4.78, 5) is 30.1. The van der Waals surface area contributed by atoms with Crippen LogP contribution in [0.15, 0.2) is 54.7 Å². The molecule has 0 saturated carbocycles. The van der Waals surface area contributed by atoms with Crippen molar-refractivity contribution in [1.82, 2.24) is 9.88 Å². The second kappa shape index (κ2) is 7.86. The third-order valence-corrected chi connectivity index (χ3v) is 5.07. The lowest BCUT2D eigenvalue weighted by Crippen LogP contribution is -2.47. The summed E-state index contributed by atoms with van der Waals surface area (Å²) in [7, 11) is 0. The predicted molar refractivity (Wildman–Crippen MR) is 108 cm³/mol. The van der Waals surface area contributed by atoms with Gasteiger partial charge in [-0.25, -0.2) is 0 Å². The number of morpholine rings is 1. The second-order valence-corrected chi connectivity index (χ2v) is 7.08. The fourth-order valence-corrected chi connectivity index (χ4v) is 3.55. The van der Waals surface area contributed by atoms with Crippen LogP contribution in [0, 0.1) is 0 Å². The number of carbonyl (C=O) groups is 2. The first-order valence-corrected chi connectivity index (χ1v) is 9.45. The molecule has 28 heavy (non-hydrogen) atoms. The van der Waals surface area contributed by atoms with Crippen molar-refractivity contribution in [3.8, 4) is 0 Å². The van der Waals surface area contributed by atoms with Gasteiger partial charge in [-0.2, -0.15) is 0 Å². The molecule has 0 radical (unpaired) electrons. The number of aromatic nitrogens is 1. The number of para-hydroxylation sites is 1. The van der Waals surface area contributed by atoms with Gasteiger partial charge in [0.1, 0.15) is 0 Å². The fraction of sp³-hybridized carbons (Fsp3) is 0.273. The topological polar surface area (TPSA) is 74.4 Å². The van der Waals surface area contributed by atoms with Gasteiger partial charge in [0, 0.05) is 34.9 Å². The summed E-state index contributed by atoms with van der Waals surface area (Å²) in [5.41, 5.74) is 3.27. The Kier molecular flexibility index (Phi) is 5.12. The number of nitrogens with one attached hydrogen (secondary N) is 2. The molecule has 1 aliphatic heterocycles. The van der Waals surface area contributed by atoms with Gasteiger partial charge < -0.3 is 19.9 Å². The Morgan fingerprint density at radius 2 is 1.96 bits per heavy atom. The van der Waals surface area contributed by atoms with Crippen molar-refractivity contribution < 1.29 is 14.3 Å². The van der Waals surface area contributed by atoms with Gasteiger partial charge in [0.25, 0.3) is 5.91 Å². The van der Waals surface area contributed by atoms with Crippen LogP contribution in [0.5, 0.6) is 0 Å². The minimum Gasteiger partial charge on any atom is -0.377 e. The first-order chi connectivity index (χ1) is 13.6. The molecule has 1 aromatic heterocycles. The number of nitrogens with zero attached hydrogens (tertiary/aromatic N) is 1. The summed E-state index contributed by atoms with van der Waals surface area (Å²) in [6.45, 7) is 3.71. The van der Waals surface area contributed by atoms with Gasteiger partial charge in [0.05, 0.1) is 25.7 Å². The van der Waals surface area contributed by atoms with Crippen LogP contribution in [0.1, 0.15) is 22.8 Å². The van der Waals surface area contributed by atoms with Crippen LogP contribution in [0.25, 0.3) is 10.9 Å². The maximum Gasteiger partial charge on any atom is 0.254 e. The van der Waals surface area contributed by atoms with Crippen LogP contribution in [0.3, 0.4) is 0 Å². The van der Waals surface area contributed by atoms with Gasteiger partial charge in [-0.15, -0.1) is 0 Å². The zero-order valence-electron chi connectivity index (χ0n) is 15.8. The number of fused-ring (bicyclic) bond motifs is 1. The molecule has 0 aliphatic carbocycles. The molecule has 1 atom stereocenters. The molecular formula is C22H23N3O3. The van der Waals surface area contributed by atoms with Gasteiger partial charge in [-0.1, -0.05) is 18.2 Å². The van der Waals surface area contributed by atoms with Crippen LogP contribution in [-0.2, 0) is 16.0 Å². The number of benzene rings is 2. The van der Waals surface area contributed by atoms with E-state index in [0.717, 1.165) is 16.5 Å². The predicted octanol–water partition coefficient (Wildman–Crippen LogP) is 3.21. The van der Waals surface area contributed by atoms with Crippen molar-refractivity contribution in [3.63, 3.8) is 0 Å². The molecule has 6 nitrogen and oxygen atoms in total. The van der Waals surface area contributed by atoms with E-state index in [-0.39, 0.29) is 24.3 Å². The summed E-state index contributed by atoms with van der Waals surface area (Å²) in [6, 6.07) is 15.0. The number of carbonyl (C=O) groups excluding carboxylic acids is 2. The highest BCUT2D eigenvalue weighted by Gasteiger charge is 2.24. The molecule has 2 amide bonds. The summed E-state index contributed by atoms with van der Waals surface area (Å²) < 4.78 is 5.39. The third kappa shape index (κ3) is 3.77. The van der Waals surface area contributed by atoms with Crippen molar-refractivity contribution >= 4 is 28.4 Å². The number of anilines is 1. The number of amides is 2. The Labute approximate surface area is 163 Å². The highest BCUT2D eigenvalue weighted by atomic mass is 16.5. The lowest BCUT2D eigenvalue weighted by molar-refractivity contribution is -0.115. The molecule has 0 bridgehead atoms. The Balaban J connectivity index is 1.40. The van der Waals surface area contributed by atoms with E-state index in [4.69, 9.17) is 4.74 Å². The van der Waals surface area contributed by atoms with Gasteiger partial charge in [-0.05, 0) is 42.8 Å². The minimum absolute atomic E-state index is 0.00697. The quantitative estimate of drug-likeness (QED) is 0.733. The standard InChI is InChI=1S/C22H23N3O3/c1-15-14-28-11-10-25(15)22(27)16-6-8-18(9-7-16)24-21(26)12-17-13-23-20-5-3-2-4-19(17)20/h2-9,13,15,23H,10-12,14H2,1H3,(H,24,26). The van der Waals surface area contributed by atoms with E-state index in [2.05, 4.69) is 10.3 Å². The summed E-state index contributed by atoms with van der Waals surface area (Å²) in [6.07, 6.45) is 2.16. The molecule has 2 N–H and O–H groups in total. The molecular weight excluding hydrogens is 354 g/mol. The van der Waals surface area contributed by atoms with Crippen molar-refractivity contribution in [2.24, 2.45) is 0 Å². The molecule has 3 aromatic rings. The zero-order valence-corrected chi connectivity index (χ0v) is 15.8. The van der Waals surface area contributed by atoms with Crippen LogP contribution in [0.4, 0.5) is 5.69 Å². The Hall–Kier alpha value is -3.12. The fourth-order valence-electron chi connectivity index (χ4n) is 3.55. The van der Waals surface area contributed by atoms with E-state index in [1.54, 1.807) is 24.3 Å². The first-order valence-electron chi connectivity index (χ1n) is 9.45. The van der Waals surface area contributed by atoms with Crippen LogP contribution in [0.2, 0.25) is 0 Å². The van der Waals surface area contributed by atoms with E-state index in [9.17, 15) is 9.59 Å². The summed E-state index contributed by atoms with van der Waals surface area (Å²) >= 11 is 0. The normalized spacial score (nSPS) is 16.9. The maximum atomic E-state index is 12.7. The van der Waals surface area contributed by atoms with E-state index in [0.29, 0.717) is 31.0 Å². The van der Waals surface area contributed by atoms with Crippen molar-refractivity contribution in [3.05, 3.63) is 65.9 Å². The minimum atomic E-state index is -0.0920. The number of H-pyrrole nitrogens is 1. The Morgan fingerprint density at radius 1 is 1.18 bits per heavy atom. The van der Waals surface area contributed by atoms with E-state index < -0.39 is 0 Å². The van der Waals surface area contributed by atoms with E-state index >= 15 is 0 Å². The number of hydrogen-bond acceptors (Lipinski definition) is 3. The monoisotopic (exact) mass is 377 g/mol. The molecule has 2 aromatic carbocycles. The molecule has 144 valence electrons. The Bertz CT molecular complexity index is 994. The molecule has 4 rings (SSSR count). The van der Waals surface area contributed by atoms with Crippen molar-refractivity contribution in [1.29, 1.82) is 0 Å². The highest BCUT2D eigenvalue weighted by molar-refractivity contribution is 5.97. The molecule has 0 spiro atoms. The molecule has 1 saturated heterocycles. The van der Waals surface area contributed by atoms with Gasteiger partial charge in [-0.3, -0.25) is 9.59 Å². The molecule has 1 fully saturated rings. The van der Waals surface area contributed by atoms with Crippen molar-refractivity contribution in [2.75, 3.05) is 25.1 Å². The lowest BCUT2D eigenvalue weighted by atomic mass is 10.1. The summed E-state index contributed by atoms with van der Waals surface area (Å²) in [5, 5.41) is 3.96. The SMILES string of the molecule is CC1COCCN1C(=O)c1ccc(NC(=O)Cc2c[nH]c3ccccc23)cc1. The van der Waals surface area contributed by atoms with Crippen LogP contribution >= 0.6 is 0 Å². The Morgan fingerprint density at radius 3 is 2.75 bits per heavy atom. The maximum absolute atomic E-state index is 12.7. The largest absolute Gasteiger partial charge is 0.377 e. The number of ether oxygens (including phenoxy) is 1.